The van der Waals surface area contributed by atoms with Crippen molar-refractivity contribution >= 4 is 109 Å². The Morgan fingerprint density at radius 3 is 2.14 bits per heavy atom. The van der Waals surface area contributed by atoms with Gasteiger partial charge in [-0.15, -0.1) is 34.9 Å². The van der Waals surface area contributed by atoms with E-state index in [0.717, 1.165) is 32.9 Å². The Morgan fingerprint density at radius 2 is 1.58 bits per heavy atom. The number of carboxylic acids is 2. The molecule has 0 bridgehead atoms. The number of carbonyl (C=O) groups is 7. The van der Waals surface area contributed by atoms with E-state index in [-0.39, 0.29) is 68.0 Å². The minimum atomic E-state index is -4.86. The van der Waals surface area contributed by atoms with E-state index in [1.165, 1.54) is 96.5 Å². The van der Waals surface area contributed by atoms with E-state index >= 15 is 0 Å². The number of fused-ring (bicyclic) bond motifs is 2. The highest BCUT2D eigenvalue weighted by Gasteiger charge is 2.55. The molecule has 5 amide bonds. The van der Waals surface area contributed by atoms with Crippen LogP contribution >= 0.6 is 46.6 Å². The van der Waals surface area contributed by atoms with Gasteiger partial charge in [0, 0.05) is 47.4 Å². The summed E-state index contributed by atoms with van der Waals surface area (Å²) in [6.07, 6.45) is 3.08. The number of nitrogens with two attached hydrogens (primary N) is 2. The third-order valence-electron chi connectivity index (χ3n) is 10.7. The van der Waals surface area contributed by atoms with Crippen LogP contribution in [0.4, 0.5) is 5.13 Å². The number of thiazole rings is 1. The molecule has 4 aliphatic rings. The summed E-state index contributed by atoms with van der Waals surface area (Å²) >= 11 is 4.59. The zero-order chi connectivity index (χ0) is 52.3. The summed E-state index contributed by atoms with van der Waals surface area (Å²) in [6.45, 7) is 0.0850. The van der Waals surface area contributed by atoms with Crippen LogP contribution in [-0.4, -0.2) is 142 Å². The second-order valence-corrected chi connectivity index (χ2v) is 20.9. The number of pyridine rings is 1. The topological polar surface area (TPSA) is 406 Å². The molecule has 3 aromatic heterocycles. The fourth-order valence-corrected chi connectivity index (χ4v) is 12.6. The zero-order valence-electron chi connectivity index (χ0n) is 37.0. The van der Waals surface area contributed by atoms with Crippen molar-refractivity contribution in [3.8, 4) is 0 Å². The number of aromatic nitrogens is 5. The Kier molecular flexibility index (Phi) is 15.7. The Hall–Kier alpha value is -7.39. The first-order valence-electron chi connectivity index (χ1n) is 20.4. The lowest BCUT2D eigenvalue weighted by Gasteiger charge is -2.50. The first-order chi connectivity index (χ1) is 34.1. The molecule has 7 heterocycles. The van der Waals surface area contributed by atoms with E-state index in [1.807, 2.05) is 0 Å². The van der Waals surface area contributed by atoms with Gasteiger partial charge in [0.1, 0.15) is 41.3 Å². The van der Waals surface area contributed by atoms with Crippen LogP contribution in [0.25, 0.3) is 0 Å². The highest BCUT2D eigenvalue weighted by molar-refractivity contribution is 8.01. The quantitative estimate of drug-likeness (QED) is 0.0109. The smallest absolute Gasteiger partial charge is 0.352 e. The Labute approximate surface area is 421 Å². The van der Waals surface area contributed by atoms with E-state index in [4.69, 9.17) is 16.3 Å². The van der Waals surface area contributed by atoms with Crippen molar-refractivity contribution in [1.82, 2.24) is 40.2 Å². The minimum Gasteiger partial charge on any atom is -0.543 e. The average molecular weight is 1090 g/mol. The summed E-state index contributed by atoms with van der Waals surface area (Å²) < 4.78 is 36.3. The standard InChI is InChI=1S/C22H20N4O8S2.C18H18N8O7S3/c23-18(27)13-6-8-25(9-7-13)10-14-11-35-21-15(20(29)26(21)16(14)22(30)31)24-19(28)17(36(32,33)34)12-4-2-1-3-5-12;1-25-18(22-12(28)13(29)23-25)36-4-6-3-34-15-9(14(30)26(15)10(6)16(31)32)21-11(27)8(24-33-2)7-5-35-17(19)20-7/h1-9,15,17,21H,10-11H2,(H4-,23,24,27,28,30,31,32,33,34);5,9,15H,3-4H2,1-2H3,(H2,19,20)(H,21,27)(H,23,29)(H,31,32)/b;24-8-/t15-,17-,21-;9-,15-/m11/s1. The van der Waals surface area contributed by atoms with E-state index in [9.17, 15) is 66.3 Å². The van der Waals surface area contributed by atoms with Crippen LogP contribution in [0.5, 0.6) is 0 Å². The molecule has 0 saturated carbocycles. The predicted molar refractivity (Wildman–Crippen MR) is 254 cm³/mol. The fourth-order valence-electron chi connectivity index (χ4n) is 7.49. The first kappa shape index (κ1) is 52.4. The normalized spacial score (nSPS) is 19.9. The van der Waals surface area contributed by atoms with Crippen LogP contribution in [-0.2, 0) is 57.3 Å². The summed E-state index contributed by atoms with van der Waals surface area (Å²) in [5.41, 5.74) is 9.53. The van der Waals surface area contributed by atoms with Crippen molar-refractivity contribution in [1.29, 1.82) is 0 Å². The Morgan fingerprint density at radius 1 is 0.972 bits per heavy atom. The number of nitrogens with zero attached hydrogens (tertiary/aromatic N) is 7. The first-order valence-corrected chi connectivity index (χ1v) is 25.9. The maximum atomic E-state index is 12.9. The van der Waals surface area contributed by atoms with E-state index in [0.29, 0.717) is 11.1 Å². The number of rotatable bonds is 16. The molecular weight excluding hydrogens is 1050 g/mol. The lowest BCUT2D eigenvalue weighted by Crippen LogP contribution is -2.71. The Bertz CT molecular complexity index is 3230. The number of thioether (sulfide) groups is 3. The molecule has 0 radical (unpaired) electrons. The van der Waals surface area contributed by atoms with Crippen molar-refractivity contribution in [3.63, 3.8) is 0 Å². The molecular formula is C40H38N12O15S5. The van der Waals surface area contributed by atoms with Crippen molar-refractivity contribution in [3.05, 3.63) is 120 Å². The lowest BCUT2D eigenvalue weighted by atomic mass is 10.0. The van der Waals surface area contributed by atoms with Gasteiger partial charge in [0.05, 0.1) is 17.2 Å². The number of anilines is 1. The van der Waals surface area contributed by atoms with Gasteiger partial charge < -0.3 is 41.9 Å². The number of aliphatic carboxylic acids is 2. The molecule has 9 N–H and O–H groups in total. The van der Waals surface area contributed by atoms with Gasteiger partial charge in [-0.25, -0.2) is 14.3 Å². The van der Waals surface area contributed by atoms with Gasteiger partial charge in [0.25, 0.3) is 27.8 Å². The highest BCUT2D eigenvalue weighted by atomic mass is 32.2. The number of aryl methyl sites for hydroxylation is 1. The van der Waals surface area contributed by atoms with Crippen molar-refractivity contribution in [2.45, 2.75) is 39.8 Å². The number of hydrogen-bond acceptors (Lipinski definition) is 21. The van der Waals surface area contributed by atoms with Gasteiger partial charge in [0.15, 0.2) is 40.2 Å². The number of primary amides is 1. The molecule has 378 valence electrons. The molecule has 2 fully saturated rings. The molecule has 5 atom stereocenters. The zero-order valence-corrected chi connectivity index (χ0v) is 41.1. The number of benzene rings is 1. The number of nitrogens with one attached hydrogen (secondary N) is 3. The van der Waals surface area contributed by atoms with Crippen molar-refractivity contribution in [2.24, 2.45) is 17.9 Å². The molecule has 0 unspecified atom stereocenters. The number of carbonyl (C=O) groups excluding carboxylic acids is 6. The third kappa shape index (κ3) is 10.9. The van der Waals surface area contributed by atoms with Crippen molar-refractivity contribution < 1.29 is 66.2 Å². The second-order valence-electron chi connectivity index (χ2n) is 15.4. The van der Waals surface area contributed by atoms with Crippen LogP contribution in [0.2, 0.25) is 0 Å². The molecule has 4 aliphatic heterocycles. The van der Waals surface area contributed by atoms with Crippen LogP contribution in [0.15, 0.2) is 103 Å². The molecule has 2 saturated heterocycles. The molecule has 8 rings (SSSR count). The van der Waals surface area contributed by atoms with E-state index in [1.54, 1.807) is 10.6 Å². The van der Waals surface area contributed by atoms with Gasteiger partial charge >= 0.3 is 17.1 Å². The minimum absolute atomic E-state index is 0.00871. The van der Waals surface area contributed by atoms with Gasteiger partial charge in [-0.1, -0.05) is 47.2 Å². The van der Waals surface area contributed by atoms with Crippen molar-refractivity contribution in [2.75, 3.05) is 30.1 Å². The number of carboxylic acid groups (broad SMARTS) is 2. The fraction of sp³-hybridized carbons (Fsp3) is 0.275. The third-order valence-corrected chi connectivity index (χ3v) is 16.3. The van der Waals surface area contributed by atoms with Crippen LogP contribution in [0.1, 0.15) is 26.9 Å². The molecule has 72 heavy (non-hydrogen) atoms. The maximum Gasteiger partial charge on any atom is 0.352 e. The Balaban J connectivity index is 0.000000211. The van der Waals surface area contributed by atoms with Crippen LogP contribution in [0.3, 0.4) is 0 Å². The number of nitrogen functional groups attached to an aromatic ring is 1. The van der Waals surface area contributed by atoms with Crippen LogP contribution in [0, 0.1) is 0 Å². The number of amides is 5. The van der Waals surface area contributed by atoms with Gasteiger partial charge in [0.2, 0.25) is 11.8 Å². The molecule has 1 aromatic carbocycles. The number of aromatic amines is 1. The summed E-state index contributed by atoms with van der Waals surface area (Å²) in [7, 11) is -2.12. The average Bonchev–Trinajstić information content (AvgIpc) is 3.77. The number of H-pyrrole nitrogens is 1. The van der Waals surface area contributed by atoms with Crippen LogP contribution < -0.4 is 42.9 Å². The molecule has 27 nitrogen and oxygen atoms in total. The second kappa shape index (κ2) is 21.5. The maximum absolute atomic E-state index is 12.9. The van der Waals surface area contributed by atoms with Gasteiger partial charge in [-0.2, -0.15) is 13.4 Å². The molecule has 4 aromatic rings. The number of hydrogen-bond donors (Lipinski definition) is 7. The monoisotopic (exact) mass is 1090 g/mol. The van der Waals surface area contributed by atoms with E-state index in [2.05, 4.69) is 30.9 Å². The van der Waals surface area contributed by atoms with Gasteiger partial charge in [-0.3, -0.25) is 57.7 Å². The largest absolute Gasteiger partial charge is 0.543 e. The summed E-state index contributed by atoms with van der Waals surface area (Å²) in [6, 6.07) is 8.03. The summed E-state index contributed by atoms with van der Waals surface area (Å²) in [4.78, 5) is 124. The number of oxime groups is 1. The molecule has 0 aliphatic carbocycles. The SMILES string of the molecule is CO/N=C(\C(=O)N[C@@H]1C(=O)N2C(C(=O)O)=C(CSc3nc(=O)c(=O)[nH]n3C)CS[C@H]12)c1csc(N)n1.NC(=O)c1cc[n+](CC2=C(C(=O)[O-])N3C(=O)[C@@H](NC(=O)[C@@H](c4ccccc4)S(=O)(=O)O)[C@H]3SC2)cc1. The van der Waals surface area contributed by atoms with E-state index < -0.39 is 90.8 Å². The summed E-state index contributed by atoms with van der Waals surface area (Å²) in [5.74, 6) is -6.19. The predicted octanol–water partition coefficient (Wildman–Crippen LogP) is -3.51. The molecule has 0 spiro atoms. The summed E-state index contributed by atoms with van der Waals surface area (Å²) in [5, 5.41) is 31.2. The molecule has 32 heteroatoms. The number of β-lactam (4-membered cyclic amide) rings is 2. The van der Waals surface area contributed by atoms with Gasteiger partial charge in [-0.05, 0) is 11.1 Å². The lowest BCUT2D eigenvalue weighted by molar-refractivity contribution is -0.689. The highest BCUT2D eigenvalue weighted by Crippen LogP contribution is 2.42.